The molecule has 0 aromatic heterocycles. The number of hydrazone groups is 1. The molecule has 1 aliphatic rings. The Morgan fingerprint density at radius 2 is 2.11 bits per heavy atom. The predicted molar refractivity (Wildman–Crippen MR) is 94.0 cm³/mol. The van der Waals surface area contributed by atoms with Crippen LogP contribution in [-0.4, -0.2) is 44.2 Å². The fourth-order valence-corrected chi connectivity index (χ4v) is 4.45. The molecule has 0 aliphatic carbocycles. The number of hydrogen-bond donors (Lipinski definition) is 3. The summed E-state index contributed by atoms with van der Waals surface area (Å²) in [5.74, 6) is -1.60. The summed E-state index contributed by atoms with van der Waals surface area (Å²) in [6.45, 7) is 0.602. The summed E-state index contributed by atoms with van der Waals surface area (Å²) in [4.78, 5) is 11.9. The van der Waals surface area contributed by atoms with Gasteiger partial charge in [-0.3, -0.25) is 15.1 Å². The summed E-state index contributed by atoms with van der Waals surface area (Å²) in [5.41, 5.74) is 4.86. The Morgan fingerprint density at radius 1 is 1.41 bits per heavy atom. The maximum absolute atomic E-state index is 12.6. The zero-order chi connectivity index (χ0) is 20.2. The van der Waals surface area contributed by atoms with E-state index >= 15 is 0 Å². The van der Waals surface area contributed by atoms with Crippen molar-refractivity contribution in [2.45, 2.75) is 31.8 Å². The van der Waals surface area contributed by atoms with Crippen molar-refractivity contribution in [3.05, 3.63) is 22.7 Å². The molecule has 0 atom stereocenters. The molecule has 3 N–H and O–H groups in total. The van der Waals surface area contributed by atoms with Crippen LogP contribution in [0.2, 0.25) is 5.02 Å². The molecule has 0 spiro atoms. The topological polar surface area (TPSA) is 112 Å². The van der Waals surface area contributed by atoms with Crippen molar-refractivity contribution in [3.63, 3.8) is 0 Å². The maximum atomic E-state index is 12.6. The number of hydrazine groups is 2. The fourth-order valence-electron chi connectivity index (χ4n) is 2.31. The van der Waals surface area contributed by atoms with Gasteiger partial charge in [-0.25, -0.2) is 14.0 Å². The van der Waals surface area contributed by atoms with Gasteiger partial charge in [0.1, 0.15) is 10.6 Å². The van der Waals surface area contributed by atoms with Crippen LogP contribution >= 0.6 is 11.6 Å². The third-order valence-electron chi connectivity index (χ3n) is 3.45. The van der Waals surface area contributed by atoms with E-state index in [2.05, 4.69) is 26.2 Å². The quantitative estimate of drug-likeness (QED) is 0.606. The average Bonchev–Trinajstić information content (AvgIpc) is 3.01. The molecule has 1 aromatic rings. The Balaban J connectivity index is 2.45. The van der Waals surface area contributed by atoms with Gasteiger partial charge in [0.2, 0.25) is 5.96 Å². The van der Waals surface area contributed by atoms with E-state index in [0.717, 1.165) is 12.1 Å². The molecule has 9 nitrogen and oxygen atoms in total. The monoisotopic (exact) mass is 425 g/mol. The van der Waals surface area contributed by atoms with Crippen LogP contribution in [0.4, 0.5) is 8.78 Å². The Morgan fingerprint density at radius 3 is 2.70 bits per heavy atom. The Kier molecular flexibility index (Phi) is 6.78. The molecule has 13 heteroatoms. The second-order valence-electron chi connectivity index (χ2n) is 5.31. The molecule has 1 aliphatic heterocycles. The van der Waals surface area contributed by atoms with Gasteiger partial charge in [0.25, 0.3) is 5.91 Å². The number of sulfone groups is 1. The molecule has 2 rings (SSSR count). The lowest BCUT2D eigenvalue weighted by molar-refractivity contribution is -0.0517. The van der Waals surface area contributed by atoms with Crippen molar-refractivity contribution in [3.8, 4) is 5.75 Å². The summed E-state index contributed by atoms with van der Waals surface area (Å²) < 4.78 is 54.5. The summed E-state index contributed by atoms with van der Waals surface area (Å²) in [7, 11) is -4.05. The minimum Gasteiger partial charge on any atom is -0.433 e. The number of hydrogen-bond acceptors (Lipinski definition) is 8. The normalized spacial score (nSPS) is 14.1. The molecule has 1 heterocycles. The number of nitrogens with zero attached hydrogens (tertiary/aromatic N) is 2. The lowest BCUT2D eigenvalue weighted by Crippen LogP contribution is -2.47. The van der Waals surface area contributed by atoms with Crippen LogP contribution in [0.25, 0.3) is 0 Å². The zero-order valence-electron chi connectivity index (χ0n) is 14.4. The van der Waals surface area contributed by atoms with Crippen LogP contribution in [0, 0.1) is 0 Å². The molecule has 0 unspecified atom stereocenters. The minimum atomic E-state index is -4.05. The first-order valence-electron chi connectivity index (χ1n) is 7.88. The maximum Gasteiger partial charge on any atom is 0.387 e. The molecule has 1 aromatic carbocycles. The summed E-state index contributed by atoms with van der Waals surface area (Å²) in [5, 5.41) is 7.23. The number of guanidine groups is 1. The van der Waals surface area contributed by atoms with Crippen LogP contribution in [0.1, 0.15) is 30.6 Å². The predicted octanol–water partition coefficient (Wildman–Crippen LogP) is 1.47. The van der Waals surface area contributed by atoms with Gasteiger partial charge in [-0.2, -0.15) is 8.78 Å². The van der Waals surface area contributed by atoms with Gasteiger partial charge in [-0.05, 0) is 25.5 Å². The van der Waals surface area contributed by atoms with E-state index in [4.69, 9.17) is 11.6 Å². The van der Waals surface area contributed by atoms with Crippen molar-refractivity contribution < 1.29 is 26.7 Å². The number of rotatable bonds is 7. The smallest absolute Gasteiger partial charge is 0.387 e. The number of amides is 1. The molecule has 0 radical (unpaired) electrons. The number of benzene rings is 1. The van der Waals surface area contributed by atoms with E-state index in [1.165, 1.54) is 5.01 Å². The summed E-state index contributed by atoms with van der Waals surface area (Å²) in [6, 6.07) is 2.08. The van der Waals surface area contributed by atoms with E-state index in [9.17, 15) is 22.0 Å². The van der Waals surface area contributed by atoms with Crippen LogP contribution < -0.4 is 21.1 Å². The highest BCUT2D eigenvalue weighted by Gasteiger charge is 2.29. The van der Waals surface area contributed by atoms with Crippen LogP contribution in [0.5, 0.6) is 5.75 Å². The lowest BCUT2D eigenvalue weighted by Gasteiger charge is -2.18. The van der Waals surface area contributed by atoms with Crippen molar-refractivity contribution in [2.24, 2.45) is 5.10 Å². The lowest BCUT2D eigenvalue weighted by atomic mass is 10.2. The first kappa shape index (κ1) is 21.1. The van der Waals surface area contributed by atoms with E-state index in [1.807, 2.05) is 0 Å². The average molecular weight is 426 g/mol. The summed E-state index contributed by atoms with van der Waals surface area (Å²) >= 11 is 6.12. The molecule has 150 valence electrons. The number of halogens is 3. The van der Waals surface area contributed by atoms with Crippen molar-refractivity contribution in [1.29, 1.82) is 0 Å². The summed E-state index contributed by atoms with van der Waals surface area (Å²) in [6.07, 6.45) is 0.225. The SMILES string of the molecule is CCCS(=O)(=O)c1c(OC(F)F)ccc(C(=O)NC2=NNNN2CC)c1Cl. The number of ether oxygens (including phenoxy) is 1. The third kappa shape index (κ3) is 4.76. The van der Waals surface area contributed by atoms with Gasteiger partial charge < -0.3 is 4.74 Å². The first-order valence-corrected chi connectivity index (χ1v) is 9.91. The number of carbonyl (C=O) groups excluding carboxylic acids is 1. The van der Waals surface area contributed by atoms with Gasteiger partial charge in [0.05, 0.1) is 16.3 Å². The highest BCUT2D eigenvalue weighted by molar-refractivity contribution is 7.91. The molecule has 27 heavy (non-hydrogen) atoms. The van der Waals surface area contributed by atoms with Crippen molar-refractivity contribution >= 4 is 33.3 Å². The second kappa shape index (κ2) is 8.67. The van der Waals surface area contributed by atoms with E-state index < -0.39 is 38.0 Å². The van der Waals surface area contributed by atoms with Crippen LogP contribution in [0.3, 0.4) is 0 Å². The Hall–Kier alpha value is -2.18. The molecular weight excluding hydrogens is 408 g/mol. The largest absolute Gasteiger partial charge is 0.433 e. The molecule has 0 fully saturated rings. The highest BCUT2D eigenvalue weighted by atomic mass is 35.5. The van der Waals surface area contributed by atoms with Gasteiger partial charge in [-0.15, -0.1) is 10.6 Å². The third-order valence-corrected chi connectivity index (χ3v) is 5.93. The van der Waals surface area contributed by atoms with Crippen LogP contribution in [0.15, 0.2) is 22.1 Å². The first-order chi connectivity index (χ1) is 12.7. The number of nitrogens with one attached hydrogen (secondary N) is 3. The highest BCUT2D eigenvalue weighted by Crippen LogP contribution is 2.36. The Bertz CT molecular complexity index is 850. The van der Waals surface area contributed by atoms with Crippen molar-refractivity contribution in [2.75, 3.05) is 12.3 Å². The Labute approximate surface area is 159 Å². The number of carbonyl (C=O) groups is 1. The minimum absolute atomic E-state index is 0.129. The van der Waals surface area contributed by atoms with Crippen LogP contribution in [-0.2, 0) is 9.84 Å². The van der Waals surface area contributed by atoms with Gasteiger partial charge in [-0.1, -0.05) is 18.5 Å². The standard InChI is InChI=1S/C14H18ClF2N5O4S/c1-3-7-27(24,25)11-9(26-13(16)17)6-5-8(10(11)15)12(23)18-14-19-20-21-22(14)4-2/h5-6,13,20-21H,3-4,7H2,1-2H3,(H,18,19,23). The second-order valence-corrected chi connectivity index (χ2v) is 7.73. The molecular formula is C14H18ClF2N5O4S. The molecule has 0 saturated carbocycles. The zero-order valence-corrected chi connectivity index (χ0v) is 16.0. The van der Waals surface area contributed by atoms with Gasteiger partial charge >= 0.3 is 6.61 Å². The van der Waals surface area contributed by atoms with Gasteiger partial charge in [0.15, 0.2) is 9.84 Å². The van der Waals surface area contributed by atoms with E-state index in [1.54, 1.807) is 13.8 Å². The molecule has 0 saturated heterocycles. The van der Waals surface area contributed by atoms with Crippen molar-refractivity contribution in [1.82, 2.24) is 21.4 Å². The van der Waals surface area contributed by atoms with E-state index in [0.29, 0.717) is 6.54 Å². The fraction of sp³-hybridized carbons (Fsp3) is 0.429. The van der Waals surface area contributed by atoms with Gasteiger partial charge in [0, 0.05) is 6.54 Å². The molecule has 0 bridgehead atoms. The molecule has 1 amide bonds. The van der Waals surface area contributed by atoms with E-state index in [-0.39, 0.29) is 23.7 Å². The number of alkyl halides is 2.